The van der Waals surface area contributed by atoms with Crippen LogP contribution in [0.25, 0.3) is 10.6 Å². The minimum Gasteiger partial charge on any atom is -0.448 e. The van der Waals surface area contributed by atoms with Crippen molar-refractivity contribution in [2.24, 2.45) is 0 Å². The number of hydrogen-bond acceptors (Lipinski definition) is 5. The number of ether oxygens (including phenoxy) is 1. The van der Waals surface area contributed by atoms with Crippen molar-refractivity contribution in [1.29, 1.82) is 0 Å². The molecule has 0 aliphatic heterocycles. The van der Waals surface area contributed by atoms with Crippen LogP contribution in [-0.2, 0) is 9.53 Å². The number of esters is 1. The second-order valence-corrected chi connectivity index (χ2v) is 7.57. The largest absolute Gasteiger partial charge is 0.448 e. The third-order valence-corrected chi connectivity index (χ3v) is 5.56. The van der Waals surface area contributed by atoms with Gasteiger partial charge in [0.25, 0.3) is 5.91 Å². The summed E-state index contributed by atoms with van der Waals surface area (Å²) in [6, 6.07) is 19.7. The number of benzene rings is 2. The molecule has 0 aliphatic carbocycles. The highest BCUT2D eigenvalue weighted by Gasteiger charge is 2.22. The molecule has 1 heterocycles. The summed E-state index contributed by atoms with van der Waals surface area (Å²) in [7, 11) is 0. The van der Waals surface area contributed by atoms with E-state index in [2.05, 4.69) is 29.4 Å². The van der Waals surface area contributed by atoms with Gasteiger partial charge in [0.2, 0.25) is 0 Å². The average molecular weight is 409 g/mol. The van der Waals surface area contributed by atoms with E-state index in [9.17, 15) is 9.59 Å². The maximum absolute atomic E-state index is 12.4. The summed E-state index contributed by atoms with van der Waals surface area (Å²) in [6.07, 6.45) is 0.0113. The Kier molecular flexibility index (Phi) is 7.14. The normalized spacial score (nSPS) is 12.8. The van der Waals surface area contributed by atoms with Crippen LogP contribution in [0.4, 0.5) is 0 Å². The Morgan fingerprint density at radius 3 is 2.38 bits per heavy atom. The van der Waals surface area contributed by atoms with Crippen molar-refractivity contribution in [1.82, 2.24) is 10.3 Å². The van der Waals surface area contributed by atoms with E-state index in [1.165, 1.54) is 16.9 Å². The van der Waals surface area contributed by atoms with Crippen molar-refractivity contribution >= 4 is 23.2 Å². The van der Waals surface area contributed by atoms with Gasteiger partial charge in [0.1, 0.15) is 5.01 Å². The molecule has 2 atom stereocenters. The van der Waals surface area contributed by atoms with E-state index >= 15 is 0 Å². The van der Waals surface area contributed by atoms with Crippen molar-refractivity contribution in [2.45, 2.75) is 32.3 Å². The van der Waals surface area contributed by atoms with Crippen molar-refractivity contribution in [2.75, 3.05) is 6.54 Å². The lowest BCUT2D eigenvalue weighted by Crippen LogP contribution is -2.38. The molecular weight excluding hydrogens is 384 g/mol. The number of thiazole rings is 1. The summed E-state index contributed by atoms with van der Waals surface area (Å²) in [5.74, 6) is -0.692. The van der Waals surface area contributed by atoms with Gasteiger partial charge in [0.05, 0.1) is 0 Å². The molecule has 0 fully saturated rings. The van der Waals surface area contributed by atoms with Gasteiger partial charge in [-0.25, -0.2) is 9.78 Å². The van der Waals surface area contributed by atoms with Gasteiger partial charge < -0.3 is 10.1 Å². The molecule has 29 heavy (non-hydrogen) atoms. The maximum Gasteiger partial charge on any atom is 0.358 e. The smallest absolute Gasteiger partial charge is 0.358 e. The molecule has 2 aromatic carbocycles. The minimum absolute atomic E-state index is 0.212. The van der Waals surface area contributed by atoms with E-state index in [1.807, 2.05) is 48.5 Å². The first-order valence-corrected chi connectivity index (χ1v) is 10.5. The van der Waals surface area contributed by atoms with E-state index < -0.39 is 12.1 Å². The summed E-state index contributed by atoms with van der Waals surface area (Å²) in [6.45, 7) is 4.15. The number of nitrogens with one attached hydrogen (secondary N) is 1. The zero-order chi connectivity index (χ0) is 20.6. The Morgan fingerprint density at radius 2 is 1.72 bits per heavy atom. The van der Waals surface area contributed by atoms with Crippen LogP contribution in [0.5, 0.6) is 0 Å². The molecule has 3 rings (SSSR count). The van der Waals surface area contributed by atoms with Gasteiger partial charge in [-0.2, -0.15) is 0 Å². The first-order valence-electron chi connectivity index (χ1n) is 9.63. The van der Waals surface area contributed by atoms with Crippen LogP contribution in [0.15, 0.2) is 66.0 Å². The molecule has 0 saturated carbocycles. The molecule has 0 spiro atoms. The van der Waals surface area contributed by atoms with Crippen LogP contribution in [0.1, 0.15) is 42.2 Å². The van der Waals surface area contributed by atoms with Gasteiger partial charge >= 0.3 is 5.97 Å². The molecule has 0 unspecified atom stereocenters. The van der Waals surface area contributed by atoms with Gasteiger partial charge in [-0.3, -0.25) is 4.79 Å². The van der Waals surface area contributed by atoms with Crippen molar-refractivity contribution in [3.05, 3.63) is 77.3 Å². The minimum atomic E-state index is -0.891. The summed E-state index contributed by atoms with van der Waals surface area (Å²) in [5.41, 5.74) is 2.33. The number of carbonyl (C=O) groups excluding carboxylic acids is 2. The van der Waals surface area contributed by atoms with Crippen molar-refractivity contribution in [3.8, 4) is 10.6 Å². The summed E-state index contributed by atoms with van der Waals surface area (Å²) < 4.78 is 5.31. The van der Waals surface area contributed by atoms with Crippen LogP contribution in [0, 0.1) is 0 Å². The monoisotopic (exact) mass is 408 g/mol. The van der Waals surface area contributed by atoms with Crippen LogP contribution in [-0.4, -0.2) is 29.5 Å². The quantitative estimate of drug-likeness (QED) is 0.550. The Labute approximate surface area is 174 Å². The number of amides is 1. The van der Waals surface area contributed by atoms with E-state index in [0.29, 0.717) is 6.54 Å². The van der Waals surface area contributed by atoms with Gasteiger partial charge in [0, 0.05) is 23.4 Å². The van der Waals surface area contributed by atoms with E-state index in [1.54, 1.807) is 12.3 Å². The average Bonchev–Trinajstić information content (AvgIpc) is 3.26. The predicted molar refractivity (Wildman–Crippen MR) is 115 cm³/mol. The molecule has 0 aliphatic rings. The predicted octanol–water partition coefficient (Wildman–Crippen LogP) is 4.67. The van der Waals surface area contributed by atoms with E-state index in [-0.39, 0.29) is 17.5 Å². The SMILES string of the molecule is CC[C@@H](CNC(=O)[C@H](C)OC(=O)c1csc(-c2ccccc2)n1)c1ccccc1. The van der Waals surface area contributed by atoms with E-state index in [0.717, 1.165) is 17.0 Å². The van der Waals surface area contributed by atoms with Crippen LogP contribution < -0.4 is 5.32 Å². The second-order valence-electron chi connectivity index (χ2n) is 6.71. The molecule has 5 nitrogen and oxygen atoms in total. The molecule has 0 saturated heterocycles. The first kappa shape index (κ1) is 20.7. The fourth-order valence-electron chi connectivity index (χ4n) is 2.95. The number of aromatic nitrogens is 1. The maximum atomic E-state index is 12.4. The Hall–Kier alpha value is -2.99. The Bertz CT molecular complexity index is 941. The molecule has 3 aromatic rings. The molecular formula is C23H24N2O3S. The number of carbonyl (C=O) groups is 2. The molecule has 0 radical (unpaired) electrons. The standard InChI is InChI=1S/C23H24N2O3S/c1-3-17(18-10-6-4-7-11-18)14-24-21(26)16(2)28-23(27)20-15-29-22(25-20)19-12-8-5-9-13-19/h4-13,15-17H,3,14H2,1-2H3,(H,24,26)/t16-,17-/m0/s1. The highest BCUT2D eigenvalue weighted by atomic mass is 32.1. The summed E-state index contributed by atoms with van der Waals surface area (Å²) in [5, 5.41) is 5.28. The summed E-state index contributed by atoms with van der Waals surface area (Å²) >= 11 is 1.37. The molecule has 1 aromatic heterocycles. The van der Waals surface area contributed by atoms with Gasteiger partial charge in [-0.15, -0.1) is 11.3 Å². The molecule has 150 valence electrons. The highest BCUT2D eigenvalue weighted by Crippen LogP contribution is 2.24. The fourth-order valence-corrected chi connectivity index (χ4v) is 3.74. The van der Waals surface area contributed by atoms with Gasteiger partial charge in [-0.1, -0.05) is 67.6 Å². The topological polar surface area (TPSA) is 68.3 Å². The van der Waals surface area contributed by atoms with Gasteiger partial charge in [0.15, 0.2) is 11.8 Å². The lowest BCUT2D eigenvalue weighted by Gasteiger charge is -2.18. The second kappa shape index (κ2) is 9.98. The number of nitrogens with zero attached hydrogens (tertiary/aromatic N) is 1. The Morgan fingerprint density at radius 1 is 1.07 bits per heavy atom. The lowest BCUT2D eigenvalue weighted by molar-refractivity contribution is -0.129. The van der Waals surface area contributed by atoms with E-state index in [4.69, 9.17) is 4.74 Å². The highest BCUT2D eigenvalue weighted by molar-refractivity contribution is 7.13. The van der Waals surface area contributed by atoms with Gasteiger partial charge in [-0.05, 0) is 18.9 Å². The number of hydrogen-bond donors (Lipinski definition) is 1. The van der Waals surface area contributed by atoms with Crippen LogP contribution in [0.3, 0.4) is 0 Å². The molecule has 0 bridgehead atoms. The fraction of sp³-hybridized carbons (Fsp3) is 0.261. The first-order chi connectivity index (χ1) is 14.1. The Balaban J connectivity index is 1.54. The molecule has 1 amide bonds. The van der Waals surface area contributed by atoms with Crippen molar-refractivity contribution < 1.29 is 14.3 Å². The summed E-state index contributed by atoms with van der Waals surface area (Å²) in [4.78, 5) is 29.1. The van der Waals surface area contributed by atoms with Crippen LogP contribution >= 0.6 is 11.3 Å². The third kappa shape index (κ3) is 5.51. The molecule has 1 N–H and O–H groups in total. The zero-order valence-corrected chi connectivity index (χ0v) is 17.3. The number of rotatable bonds is 8. The zero-order valence-electron chi connectivity index (χ0n) is 16.5. The van der Waals surface area contributed by atoms with Crippen LogP contribution in [0.2, 0.25) is 0 Å². The molecule has 6 heteroatoms. The lowest BCUT2D eigenvalue weighted by atomic mass is 9.96. The third-order valence-electron chi connectivity index (χ3n) is 4.67. The van der Waals surface area contributed by atoms with Crippen molar-refractivity contribution in [3.63, 3.8) is 0 Å².